The number of nitriles is 1. The minimum absolute atomic E-state index is 0.136. The standard InChI is InChI=1S/C12H8FN3O/c1-16-5-11(15-7-16)9-3-2-8(4-14)12(13)10(9)6-17/h2-3,5-7H,1H3. The smallest absolute Gasteiger partial charge is 0.153 e. The predicted molar refractivity (Wildman–Crippen MR) is 58.7 cm³/mol. The first kappa shape index (κ1) is 11.0. The highest BCUT2D eigenvalue weighted by atomic mass is 19.1. The van der Waals surface area contributed by atoms with E-state index < -0.39 is 5.82 Å². The number of aryl methyl sites for hydroxylation is 1. The number of carbonyl (C=O) groups is 1. The molecular formula is C12H8FN3O. The van der Waals surface area contributed by atoms with Gasteiger partial charge < -0.3 is 4.57 Å². The Labute approximate surface area is 96.9 Å². The zero-order chi connectivity index (χ0) is 12.4. The van der Waals surface area contributed by atoms with E-state index in [0.717, 1.165) is 0 Å². The van der Waals surface area contributed by atoms with Gasteiger partial charge in [0, 0.05) is 18.8 Å². The van der Waals surface area contributed by atoms with Crippen molar-refractivity contribution in [3.8, 4) is 17.3 Å². The Morgan fingerprint density at radius 2 is 2.29 bits per heavy atom. The lowest BCUT2D eigenvalue weighted by atomic mass is 10.0. The summed E-state index contributed by atoms with van der Waals surface area (Å²) < 4.78 is 15.4. The Kier molecular flexibility index (Phi) is 2.71. The molecule has 0 saturated carbocycles. The van der Waals surface area contributed by atoms with Crippen molar-refractivity contribution >= 4 is 6.29 Å². The number of benzene rings is 1. The van der Waals surface area contributed by atoms with Gasteiger partial charge in [0.25, 0.3) is 0 Å². The van der Waals surface area contributed by atoms with Crippen LogP contribution in [0, 0.1) is 17.1 Å². The van der Waals surface area contributed by atoms with E-state index >= 15 is 0 Å². The third-order valence-electron chi connectivity index (χ3n) is 2.40. The number of hydrogen-bond donors (Lipinski definition) is 0. The number of nitrogens with zero attached hydrogens (tertiary/aromatic N) is 3. The molecule has 0 aliphatic rings. The molecule has 0 aliphatic heterocycles. The van der Waals surface area contributed by atoms with Gasteiger partial charge in [0.05, 0.1) is 23.1 Å². The minimum Gasteiger partial charge on any atom is -0.340 e. The average molecular weight is 229 g/mol. The van der Waals surface area contributed by atoms with Crippen LogP contribution in [0.15, 0.2) is 24.7 Å². The first-order valence-electron chi connectivity index (χ1n) is 4.83. The van der Waals surface area contributed by atoms with E-state index in [1.807, 2.05) is 0 Å². The molecule has 0 amide bonds. The molecule has 0 fully saturated rings. The number of aldehydes is 1. The maximum Gasteiger partial charge on any atom is 0.153 e. The second-order valence-electron chi connectivity index (χ2n) is 3.54. The van der Waals surface area contributed by atoms with E-state index in [9.17, 15) is 9.18 Å². The summed E-state index contributed by atoms with van der Waals surface area (Å²) in [4.78, 5) is 15.0. The second-order valence-corrected chi connectivity index (χ2v) is 3.54. The third-order valence-corrected chi connectivity index (χ3v) is 2.40. The third kappa shape index (κ3) is 1.81. The van der Waals surface area contributed by atoms with Gasteiger partial charge in [-0.15, -0.1) is 0 Å². The Morgan fingerprint density at radius 3 is 2.82 bits per heavy atom. The molecule has 0 spiro atoms. The van der Waals surface area contributed by atoms with Crippen molar-refractivity contribution in [1.82, 2.24) is 9.55 Å². The molecule has 17 heavy (non-hydrogen) atoms. The molecule has 2 aromatic rings. The lowest BCUT2D eigenvalue weighted by molar-refractivity contribution is 0.112. The van der Waals surface area contributed by atoms with Gasteiger partial charge in [-0.2, -0.15) is 5.26 Å². The molecule has 5 heteroatoms. The first-order chi connectivity index (χ1) is 8.17. The zero-order valence-corrected chi connectivity index (χ0v) is 9.01. The van der Waals surface area contributed by atoms with Gasteiger partial charge in [0.2, 0.25) is 0 Å². The minimum atomic E-state index is -0.800. The largest absolute Gasteiger partial charge is 0.340 e. The summed E-state index contributed by atoms with van der Waals surface area (Å²) in [6.07, 6.45) is 3.63. The van der Waals surface area contributed by atoms with Crippen LogP contribution >= 0.6 is 0 Å². The molecule has 0 bridgehead atoms. The van der Waals surface area contributed by atoms with Gasteiger partial charge in [-0.05, 0) is 6.07 Å². The van der Waals surface area contributed by atoms with Crippen LogP contribution in [-0.4, -0.2) is 15.8 Å². The summed E-state index contributed by atoms with van der Waals surface area (Å²) in [7, 11) is 1.77. The van der Waals surface area contributed by atoms with Crippen molar-refractivity contribution in [2.75, 3.05) is 0 Å². The lowest BCUT2D eigenvalue weighted by Gasteiger charge is -2.03. The fourth-order valence-corrected chi connectivity index (χ4v) is 1.57. The topological polar surface area (TPSA) is 58.7 Å². The molecule has 0 atom stereocenters. The van der Waals surface area contributed by atoms with E-state index in [1.165, 1.54) is 12.1 Å². The van der Waals surface area contributed by atoms with Crippen molar-refractivity contribution in [3.05, 3.63) is 41.6 Å². The maximum atomic E-state index is 13.7. The van der Waals surface area contributed by atoms with Crippen LogP contribution in [0.3, 0.4) is 0 Å². The second kappa shape index (κ2) is 4.18. The molecule has 0 radical (unpaired) electrons. The lowest BCUT2D eigenvalue weighted by Crippen LogP contribution is -1.96. The number of rotatable bonds is 2. The van der Waals surface area contributed by atoms with E-state index in [4.69, 9.17) is 5.26 Å². The molecule has 2 rings (SSSR count). The van der Waals surface area contributed by atoms with E-state index in [2.05, 4.69) is 4.98 Å². The summed E-state index contributed by atoms with van der Waals surface area (Å²) in [5, 5.41) is 8.68. The van der Waals surface area contributed by atoms with Gasteiger partial charge in [-0.25, -0.2) is 9.37 Å². The summed E-state index contributed by atoms with van der Waals surface area (Å²) in [5.74, 6) is -0.800. The van der Waals surface area contributed by atoms with Gasteiger partial charge in [-0.1, -0.05) is 6.07 Å². The first-order valence-corrected chi connectivity index (χ1v) is 4.83. The normalized spacial score (nSPS) is 9.94. The van der Waals surface area contributed by atoms with Crippen molar-refractivity contribution in [1.29, 1.82) is 5.26 Å². The molecule has 0 saturated heterocycles. The molecule has 0 N–H and O–H groups in total. The molecule has 84 valence electrons. The Hall–Kier alpha value is -2.48. The van der Waals surface area contributed by atoms with Crippen LogP contribution in [0.1, 0.15) is 15.9 Å². The number of imidazole rings is 1. The Morgan fingerprint density at radius 1 is 1.53 bits per heavy atom. The van der Waals surface area contributed by atoms with E-state index in [-0.39, 0.29) is 11.1 Å². The summed E-state index contributed by atoms with van der Waals surface area (Å²) in [5.41, 5.74) is 0.602. The quantitative estimate of drug-likeness (QED) is 0.739. The summed E-state index contributed by atoms with van der Waals surface area (Å²) >= 11 is 0. The highest BCUT2D eigenvalue weighted by Crippen LogP contribution is 2.24. The maximum absolute atomic E-state index is 13.7. The fourth-order valence-electron chi connectivity index (χ4n) is 1.57. The monoisotopic (exact) mass is 229 g/mol. The molecule has 0 aliphatic carbocycles. The number of hydrogen-bond acceptors (Lipinski definition) is 3. The van der Waals surface area contributed by atoms with Crippen LogP contribution in [0.4, 0.5) is 4.39 Å². The zero-order valence-electron chi connectivity index (χ0n) is 9.01. The van der Waals surface area contributed by atoms with Crippen molar-refractivity contribution in [2.24, 2.45) is 7.05 Å². The number of carbonyl (C=O) groups excluding carboxylic acids is 1. The van der Waals surface area contributed by atoms with Gasteiger partial charge in [-0.3, -0.25) is 4.79 Å². The molecule has 0 unspecified atom stereocenters. The Bertz CT molecular complexity index is 625. The van der Waals surface area contributed by atoms with Crippen LogP contribution < -0.4 is 0 Å². The fraction of sp³-hybridized carbons (Fsp3) is 0.0833. The van der Waals surface area contributed by atoms with E-state index in [0.29, 0.717) is 17.5 Å². The van der Waals surface area contributed by atoms with Gasteiger partial charge in [0.15, 0.2) is 12.1 Å². The van der Waals surface area contributed by atoms with Crippen molar-refractivity contribution in [3.63, 3.8) is 0 Å². The van der Waals surface area contributed by atoms with Crippen molar-refractivity contribution < 1.29 is 9.18 Å². The van der Waals surface area contributed by atoms with Crippen LogP contribution in [0.5, 0.6) is 0 Å². The molecule has 1 aromatic heterocycles. The highest BCUT2D eigenvalue weighted by molar-refractivity contribution is 5.87. The SMILES string of the molecule is Cn1cnc(-c2ccc(C#N)c(F)c2C=O)c1. The molecule has 4 nitrogen and oxygen atoms in total. The molecular weight excluding hydrogens is 221 g/mol. The van der Waals surface area contributed by atoms with Crippen LogP contribution in [0.25, 0.3) is 11.3 Å². The number of halogens is 1. The Balaban J connectivity index is 2.68. The van der Waals surface area contributed by atoms with Crippen LogP contribution in [0.2, 0.25) is 0 Å². The molecule has 1 aromatic carbocycles. The molecule has 1 heterocycles. The number of aromatic nitrogens is 2. The van der Waals surface area contributed by atoms with E-state index in [1.54, 1.807) is 30.2 Å². The highest BCUT2D eigenvalue weighted by Gasteiger charge is 2.15. The average Bonchev–Trinajstić information content (AvgIpc) is 2.75. The van der Waals surface area contributed by atoms with Crippen molar-refractivity contribution in [2.45, 2.75) is 0 Å². The predicted octanol–water partition coefficient (Wildman–Crippen LogP) is 1.91. The summed E-state index contributed by atoms with van der Waals surface area (Å²) in [6.45, 7) is 0. The van der Waals surface area contributed by atoms with Crippen LogP contribution in [-0.2, 0) is 7.05 Å². The van der Waals surface area contributed by atoms with Gasteiger partial charge in [0.1, 0.15) is 6.07 Å². The summed E-state index contributed by atoms with van der Waals surface area (Å²) in [6, 6.07) is 4.56. The van der Waals surface area contributed by atoms with Gasteiger partial charge >= 0.3 is 0 Å².